The van der Waals surface area contributed by atoms with E-state index in [2.05, 4.69) is 4.98 Å². The predicted octanol–water partition coefficient (Wildman–Crippen LogP) is 1.51. The van der Waals surface area contributed by atoms with E-state index >= 15 is 0 Å². The summed E-state index contributed by atoms with van der Waals surface area (Å²) in [5.74, 6) is 0. The number of pyridine rings is 1. The second-order valence-corrected chi connectivity index (χ2v) is 4.87. The monoisotopic (exact) mass is 225 g/mol. The average molecular weight is 225 g/mol. The van der Waals surface area contributed by atoms with E-state index in [9.17, 15) is 5.21 Å². The van der Waals surface area contributed by atoms with E-state index in [-0.39, 0.29) is 0 Å². The Bertz CT molecular complexity index is 444. The Kier molecular flexibility index (Phi) is 2.55. The molecule has 0 bridgehead atoms. The molecule has 2 rings (SSSR count). The highest BCUT2D eigenvalue weighted by Gasteiger charge is 2.08. The maximum atomic E-state index is 11.3. The normalized spacial score (nSPS) is 10.3. The van der Waals surface area contributed by atoms with Crippen molar-refractivity contribution < 1.29 is 4.73 Å². The highest BCUT2D eigenvalue weighted by atomic mass is 32.2. The molecule has 2 aromatic heterocycles. The fourth-order valence-electron chi connectivity index (χ4n) is 0.914. The Hall–Kier alpha value is -1.27. The largest absolute Gasteiger partial charge is 0.618 e. The minimum absolute atomic E-state index is 0.515. The number of rotatable bonds is 2. The minimum atomic E-state index is 0.515. The highest BCUT2D eigenvalue weighted by molar-refractivity contribution is 8.01. The average Bonchev–Trinajstić information content (AvgIpc) is 2.56. The highest BCUT2D eigenvalue weighted by Crippen LogP contribution is 2.30. The summed E-state index contributed by atoms with van der Waals surface area (Å²) < 4.78 is 1.74. The molecule has 0 atom stereocenters. The van der Waals surface area contributed by atoms with Crippen molar-refractivity contribution in [2.75, 3.05) is 5.73 Å². The molecule has 0 aliphatic rings. The molecule has 2 heterocycles. The van der Waals surface area contributed by atoms with Gasteiger partial charge in [-0.05, 0) is 17.8 Å². The maximum absolute atomic E-state index is 11.3. The Balaban J connectivity index is 2.23. The number of hydrogen-bond donors (Lipinski definition) is 1. The molecule has 0 aliphatic carbocycles. The molecule has 72 valence electrons. The zero-order chi connectivity index (χ0) is 9.97. The summed E-state index contributed by atoms with van der Waals surface area (Å²) in [6.07, 6.45) is 3.13. The van der Waals surface area contributed by atoms with E-state index in [0.29, 0.717) is 10.2 Å². The molecular formula is C8H7N3OS2. The first-order valence-corrected chi connectivity index (χ1v) is 5.46. The van der Waals surface area contributed by atoms with Crippen molar-refractivity contribution in [3.05, 3.63) is 35.8 Å². The van der Waals surface area contributed by atoms with Gasteiger partial charge in [-0.2, -0.15) is 4.73 Å². The van der Waals surface area contributed by atoms with Crippen LogP contribution < -0.4 is 10.5 Å². The van der Waals surface area contributed by atoms with Crippen LogP contribution in [0.15, 0.2) is 39.8 Å². The van der Waals surface area contributed by atoms with Crippen molar-refractivity contribution in [2.24, 2.45) is 0 Å². The fraction of sp³-hybridized carbons (Fsp3) is 0. The number of anilines is 1. The summed E-state index contributed by atoms with van der Waals surface area (Å²) in [7, 11) is 0. The Morgan fingerprint density at radius 1 is 1.50 bits per heavy atom. The lowest BCUT2D eigenvalue weighted by Gasteiger charge is -1.99. The molecule has 2 N–H and O–H groups in total. The van der Waals surface area contributed by atoms with Crippen LogP contribution in [0.4, 0.5) is 5.13 Å². The molecule has 0 unspecified atom stereocenters. The van der Waals surface area contributed by atoms with Crippen molar-refractivity contribution in [3.8, 4) is 0 Å². The quantitative estimate of drug-likeness (QED) is 0.621. The number of thiazole rings is 1. The third kappa shape index (κ3) is 1.97. The third-order valence-electron chi connectivity index (χ3n) is 1.50. The van der Waals surface area contributed by atoms with Crippen molar-refractivity contribution in [1.29, 1.82) is 0 Å². The first-order chi connectivity index (χ1) is 6.75. The third-order valence-corrected chi connectivity index (χ3v) is 3.45. The van der Waals surface area contributed by atoms with Crippen LogP contribution in [0.5, 0.6) is 0 Å². The fourth-order valence-corrected chi connectivity index (χ4v) is 2.62. The van der Waals surface area contributed by atoms with Crippen molar-refractivity contribution >= 4 is 28.2 Å². The van der Waals surface area contributed by atoms with Crippen LogP contribution in [0.3, 0.4) is 0 Å². The molecule has 0 aliphatic heterocycles. The van der Waals surface area contributed by atoms with Crippen LogP contribution in [-0.4, -0.2) is 4.98 Å². The van der Waals surface area contributed by atoms with Crippen LogP contribution in [0.25, 0.3) is 0 Å². The van der Waals surface area contributed by atoms with Gasteiger partial charge in [0.1, 0.15) is 0 Å². The van der Waals surface area contributed by atoms with E-state index in [0.717, 1.165) is 8.94 Å². The predicted molar refractivity (Wildman–Crippen MR) is 56.1 cm³/mol. The first kappa shape index (κ1) is 9.29. The Labute approximate surface area is 89.0 Å². The van der Waals surface area contributed by atoms with E-state index in [1.54, 1.807) is 18.3 Å². The molecule has 0 fully saturated rings. The lowest BCUT2D eigenvalue weighted by atomic mass is 10.5. The van der Waals surface area contributed by atoms with Crippen molar-refractivity contribution in [1.82, 2.24) is 4.98 Å². The zero-order valence-electron chi connectivity index (χ0n) is 7.08. The summed E-state index contributed by atoms with van der Waals surface area (Å²) in [5.41, 5.74) is 5.48. The van der Waals surface area contributed by atoms with Gasteiger partial charge in [0.15, 0.2) is 11.3 Å². The number of nitrogen functional groups attached to an aromatic ring is 1. The summed E-state index contributed by atoms with van der Waals surface area (Å²) in [6, 6.07) is 5.27. The van der Waals surface area contributed by atoms with Gasteiger partial charge >= 0.3 is 0 Å². The number of hydrogen-bond acceptors (Lipinski definition) is 5. The van der Waals surface area contributed by atoms with Gasteiger partial charge in [-0.1, -0.05) is 11.3 Å². The molecular weight excluding hydrogens is 218 g/mol. The summed E-state index contributed by atoms with van der Waals surface area (Å²) in [6.45, 7) is 0. The van der Waals surface area contributed by atoms with Gasteiger partial charge in [0.2, 0.25) is 0 Å². The molecule has 0 saturated heterocycles. The minimum Gasteiger partial charge on any atom is -0.618 e. The maximum Gasteiger partial charge on any atom is 0.256 e. The van der Waals surface area contributed by atoms with E-state index < -0.39 is 0 Å². The van der Waals surface area contributed by atoms with Crippen LogP contribution in [0, 0.1) is 5.21 Å². The van der Waals surface area contributed by atoms with E-state index in [1.165, 1.54) is 29.3 Å². The van der Waals surface area contributed by atoms with Crippen LogP contribution in [0.2, 0.25) is 0 Å². The van der Waals surface area contributed by atoms with Gasteiger partial charge in [-0.3, -0.25) is 0 Å². The lowest BCUT2D eigenvalue weighted by Crippen LogP contribution is -2.27. The van der Waals surface area contributed by atoms with Gasteiger partial charge in [-0.25, -0.2) is 4.98 Å². The second-order valence-electron chi connectivity index (χ2n) is 2.48. The summed E-state index contributed by atoms with van der Waals surface area (Å²) >= 11 is 2.73. The SMILES string of the molecule is Nc1ncc(Sc2cccc[n+]2[O-])s1. The molecule has 0 amide bonds. The Morgan fingerprint density at radius 3 is 3.00 bits per heavy atom. The molecule has 0 spiro atoms. The van der Waals surface area contributed by atoms with Gasteiger partial charge in [-0.15, -0.1) is 0 Å². The zero-order valence-corrected chi connectivity index (χ0v) is 8.72. The van der Waals surface area contributed by atoms with Crippen molar-refractivity contribution in [2.45, 2.75) is 9.24 Å². The molecule has 14 heavy (non-hydrogen) atoms. The molecule has 0 saturated carbocycles. The van der Waals surface area contributed by atoms with Crippen LogP contribution in [0.1, 0.15) is 0 Å². The molecule has 4 nitrogen and oxygen atoms in total. The van der Waals surface area contributed by atoms with Crippen molar-refractivity contribution in [3.63, 3.8) is 0 Å². The molecule has 0 radical (unpaired) electrons. The van der Waals surface area contributed by atoms with E-state index in [4.69, 9.17) is 5.73 Å². The molecule has 6 heteroatoms. The summed E-state index contributed by atoms with van der Waals surface area (Å²) in [4.78, 5) is 3.91. The Morgan fingerprint density at radius 2 is 2.36 bits per heavy atom. The lowest BCUT2D eigenvalue weighted by molar-refractivity contribution is -0.645. The molecule has 2 aromatic rings. The smallest absolute Gasteiger partial charge is 0.256 e. The topological polar surface area (TPSA) is 65.8 Å². The van der Waals surface area contributed by atoms with Gasteiger partial charge in [0.25, 0.3) is 5.03 Å². The molecule has 0 aromatic carbocycles. The first-order valence-electron chi connectivity index (χ1n) is 3.83. The number of nitrogens with zero attached hydrogens (tertiary/aromatic N) is 2. The number of aromatic nitrogens is 2. The summed E-state index contributed by atoms with van der Waals surface area (Å²) in [5, 5.41) is 12.4. The van der Waals surface area contributed by atoms with Gasteiger partial charge in [0, 0.05) is 12.1 Å². The van der Waals surface area contributed by atoms with E-state index in [1.807, 2.05) is 6.07 Å². The van der Waals surface area contributed by atoms with Gasteiger partial charge < -0.3 is 10.9 Å². The van der Waals surface area contributed by atoms with Crippen LogP contribution in [-0.2, 0) is 0 Å². The second kappa shape index (κ2) is 3.85. The standard InChI is InChI=1S/C8H7N3OS2/c9-8-10-5-7(14-8)13-6-3-1-2-4-11(6)12/h1-5H,(H2,9,10). The van der Waals surface area contributed by atoms with Crippen LogP contribution >= 0.6 is 23.1 Å². The number of nitrogens with two attached hydrogens (primary N) is 1. The van der Waals surface area contributed by atoms with Gasteiger partial charge in [0.05, 0.1) is 10.4 Å².